The van der Waals surface area contributed by atoms with E-state index in [1.165, 1.54) is 55.9 Å². The van der Waals surface area contributed by atoms with Crippen LogP contribution in [0.25, 0.3) is 0 Å². The average molecular weight is 566 g/mol. The van der Waals surface area contributed by atoms with Crippen molar-refractivity contribution in [3.05, 3.63) is 36.1 Å². The minimum absolute atomic E-state index is 0.0418. The molecule has 2 fully saturated rings. The van der Waals surface area contributed by atoms with Crippen LogP contribution in [-0.2, 0) is 24.3 Å². The van der Waals surface area contributed by atoms with Gasteiger partial charge in [-0.1, -0.05) is 13.3 Å². The summed E-state index contributed by atoms with van der Waals surface area (Å²) in [5.41, 5.74) is 0. The first-order valence-corrected chi connectivity index (χ1v) is 15.5. The van der Waals surface area contributed by atoms with Crippen molar-refractivity contribution in [3.63, 3.8) is 0 Å². The Bertz CT molecular complexity index is 1070. The SMILES string of the molecule is COc1ccc(S(=O)(=O)N(CCO)CCO[C@@H]2C[C@H](C)C=C(C(=O)N3CCC(N4CCCCC4)CC3)O2)cc1. The van der Waals surface area contributed by atoms with Gasteiger partial charge in [-0.3, -0.25) is 4.79 Å². The van der Waals surface area contributed by atoms with Crippen LogP contribution in [0.15, 0.2) is 41.0 Å². The highest BCUT2D eigenvalue weighted by Crippen LogP contribution is 2.27. The third kappa shape index (κ3) is 7.73. The first-order valence-electron chi connectivity index (χ1n) is 14.1. The van der Waals surface area contributed by atoms with Gasteiger partial charge in [-0.2, -0.15) is 4.31 Å². The van der Waals surface area contributed by atoms with Crippen molar-refractivity contribution in [1.29, 1.82) is 0 Å². The zero-order valence-electron chi connectivity index (χ0n) is 23.2. The zero-order chi connectivity index (χ0) is 27.8. The number of allylic oxidation sites excluding steroid dienone is 1. The number of nitrogens with zero attached hydrogens (tertiary/aromatic N) is 3. The highest BCUT2D eigenvalue weighted by molar-refractivity contribution is 7.89. The summed E-state index contributed by atoms with van der Waals surface area (Å²) in [6.07, 6.45) is 7.61. The maximum atomic E-state index is 13.3. The Labute approximate surface area is 232 Å². The second-order valence-electron chi connectivity index (χ2n) is 10.6. The average Bonchev–Trinajstić information content (AvgIpc) is 2.96. The van der Waals surface area contributed by atoms with Crippen LogP contribution in [0.5, 0.6) is 5.75 Å². The van der Waals surface area contributed by atoms with Crippen LogP contribution >= 0.6 is 0 Å². The van der Waals surface area contributed by atoms with Gasteiger partial charge in [0, 0.05) is 38.6 Å². The highest BCUT2D eigenvalue weighted by Gasteiger charge is 2.33. The first kappa shape index (κ1) is 29.8. The molecule has 39 heavy (non-hydrogen) atoms. The smallest absolute Gasteiger partial charge is 0.288 e. The standard InChI is InChI=1S/C28H43N3O7S/c1-22-20-26(28(33)30-14-10-23(11-15-30)29-12-4-3-5-13-29)38-27(21-22)37-19-17-31(16-18-32)39(34,35)25-8-6-24(36-2)7-9-25/h6-9,20,22-23,27,32H,3-5,10-19,21H2,1-2H3/t22-,27+/m1/s1. The number of amides is 1. The van der Waals surface area contributed by atoms with E-state index in [0.29, 0.717) is 24.0 Å². The number of aliphatic hydroxyl groups excluding tert-OH is 1. The van der Waals surface area contributed by atoms with Crippen LogP contribution < -0.4 is 4.74 Å². The lowest BCUT2D eigenvalue weighted by atomic mass is 9.99. The second kappa shape index (κ2) is 13.9. The molecule has 1 aromatic carbocycles. The van der Waals surface area contributed by atoms with Gasteiger partial charge in [-0.25, -0.2) is 8.42 Å². The maximum absolute atomic E-state index is 13.3. The van der Waals surface area contributed by atoms with Gasteiger partial charge in [0.2, 0.25) is 16.3 Å². The number of likely N-dealkylation sites (tertiary alicyclic amines) is 2. The minimum atomic E-state index is -3.83. The summed E-state index contributed by atoms with van der Waals surface area (Å²) < 4.78 is 44.4. The predicted octanol–water partition coefficient (Wildman–Crippen LogP) is 2.44. The Balaban J connectivity index is 1.28. The van der Waals surface area contributed by atoms with E-state index in [-0.39, 0.29) is 43.0 Å². The predicted molar refractivity (Wildman–Crippen MR) is 147 cm³/mol. The molecule has 2 atom stereocenters. The van der Waals surface area contributed by atoms with Gasteiger partial charge < -0.3 is 29.1 Å². The number of piperidine rings is 2. The molecule has 4 rings (SSSR count). The number of ether oxygens (including phenoxy) is 3. The molecule has 1 aromatic rings. The van der Waals surface area contributed by atoms with E-state index in [0.717, 1.165) is 25.9 Å². The Morgan fingerprint density at radius 1 is 1.08 bits per heavy atom. The van der Waals surface area contributed by atoms with Crippen LogP contribution in [-0.4, -0.2) is 105 Å². The fourth-order valence-electron chi connectivity index (χ4n) is 5.60. The summed E-state index contributed by atoms with van der Waals surface area (Å²) in [4.78, 5) is 17.8. The van der Waals surface area contributed by atoms with Crippen molar-refractivity contribution in [1.82, 2.24) is 14.1 Å². The lowest BCUT2D eigenvalue weighted by Crippen LogP contribution is -2.49. The molecule has 0 bridgehead atoms. The van der Waals surface area contributed by atoms with Crippen LogP contribution in [0, 0.1) is 5.92 Å². The fourth-order valence-corrected chi connectivity index (χ4v) is 7.02. The maximum Gasteiger partial charge on any atom is 0.288 e. The molecule has 10 nitrogen and oxygen atoms in total. The number of methoxy groups -OCH3 is 1. The molecule has 0 saturated carbocycles. The number of carbonyl (C=O) groups excluding carboxylic acids is 1. The second-order valence-corrected chi connectivity index (χ2v) is 12.5. The van der Waals surface area contributed by atoms with E-state index in [4.69, 9.17) is 14.2 Å². The molecule has 2 saturated heterocycles. The normalized spacial score (nSPS) is 23.4. The van der Waals surface area contributed by atoms with Gasteiger partial charge in [0.05, 0.1) is 25.2 Å². The van der Waals surface area contributed by atoms with Crippen molar-refractivity contribution >= 4 is 15.9 Å². The van der Waals surface area contributed by atoms with E-state index in [2.05, 4.69) is 4.90 Å². The number of aliphatic hydroxyl groups is 1. The lowest BCUT2D eigenvalue weighted by molar-refractivity contribution is -0.155. The van der Waals surface area contributed by atoms with Crippen molar-refractivity contribution in [2.24, 2.45) is 5.92 Å². The molecule has 0 aromatic heterocycles. The Morgan fingerprint density at radius 2 is 1.77 bits per heavy atom. The molecule has 0 aliphatic carbocycles. The summed E-state index contributed by atoms with van der Waals surface area (Å²) in [7, 11) is -2.32. The summed E-state index contributed by atoms with van der Waals surface area (Å²) in [6, 6.07) is 6.67. The van der Waals surface area contributed by atoms with Gasteiger partial charge in [-0.05, 0) is 75.0 Å². The Hall–Kier alpha value is -2.18. The molecule has 3 aliphatic heterocycles. The van der Waals surface area contributed by atoms with Crippen LogP contribution in [0.3, 0.4) is 0 Å². The topological polar surface area (TPSA) is 109 Å². The van der Waals surface area contributed by atoms with Gasteiger partial charge in [0.1, 0.15) is 5.75 Å². The van der Waals surface area contributed by atoms with E-state index < -0.39 is 16.3 Å². The third-order valence-electron chi connectivity index (χ3n) is 7.82. The number of carbonyl (C=O) groups is 1. The molecule has 0 spiro atoms. The number of benzene rings is 1. The summed E-state index contributed by atoms with van der Waals surface area (Å²) in [5.74, 6) is 0.856. The molecule has 218 valence electrons. The zero-order valence-corrected chi connectivity index (χ0v) is 24.0. The van der Waals surface area contributed by atoms with Gasteiger partial charge >= 0.3 is 0 Å². The quantitative estimate of drug-likeness (QED) is 0.436. The summed E-state index contributed by atoms with van der Waals surface area (Å²) in [5, 5.41) is 9.48. The minimum Gasteiger partial charge on any atom is -0.497 e. The Morgan fingerprint density at radius 3 is 2.41 bits per heavy atom. The molecule has 1 amide bonds. The lowest BCUT2D eigenvalue weighted by Gasteiger charge is -2.40. The van der Waals surface area contributed by atoms with E-state index in [1.807, 2.05) is 17.9 Å². The van der Waals surface area contributed by atoms with Gasteiger partial charge in [0.15, 0.2) is 5.76 Å². The van der Waals surface area contributed by atoms with E-state index in [9.17, 15) is 18.3 Å². The molecular weight excluding hydrogens is 522 g/mol. The van der Waals surface area contributed by atoms with Crippen molar-refractivity contribution in [3.8, 4) is 5.75 Å². The number of rotatable bonds is 11. The van der Waals surface area contributed by atoms with Crippen molar-refractivity contribution in [2.45, 2.75) is 62.7 Å². The fraction of sp³-hybridized carbons (Fsp3) is 0.679. The van der Waals surface area contributed by atoms with Crippen molar-refractivity contribution in [2.75, 3.05) is 59.6 Å². The molecule has 11 heteroatoms. The summed E-state index contributed by atoms with van der Waals surface area (Å²) in [6.45, 7) is 5.52. The van der Waals surface area contributed by atoms with Gasteiger partial charge in [0.25, 0.3) is 5.91 Å². The summed E-state index contributed by atoms with van der Waals surface area (Å²) >= 11 is 0. The number of sulfonamides is 1. The van der Waals surface area contributed by atoms with Crippen LogP contribution in [0.4, 0.5) is 0 Å². The largest absolute Gasteiger partial charge is 0.497 e. The van der Waals surface area contributed by atoms with Crippen LogP contribution in [0.2, 0.25) is 0 Å². The Kier molecular flexibility index (Phi) is 10.6. The first-order chi connectivity index (χ1) is 18.8. The highest BCUT2D eigenvalue weighted by atomic mass is 32.2. The molecule has 3 heterocycles. The van der Waals surface area contributed by atoms with E-state index >= 15 is 0 Å². The molecular formula is C28H43N3O7S. The van der Waals surface area contributed by atoms with Crippen LogP contribution in [0.1, 0.15) is 45.4 Å². The molecule has 1 N–H and O–H groups in total. The number of hydrogen-bond donors (Lipinski definition) is 1. The monoisotopic (exact) mass is 565 g/mol. The molecule has 0 radical (unpaired) electrons. The third-order valence-corrected chi connectivity index (χ3v) is 9.73. The van der Waals surface area contributed by atoms with Crippen molar-refractivity contribution < 1.29 is 32.5 Å². The van der Waals surface area contributed by atoms with Gasteiger partial charge in [-0.15, -0.1) is 0 Å². The molecule has 0 unspecified atom stereocenters. The molecule has 3 aliphatic rings. The van der Waals surface area contributed by atoms with E-state index in [1.54, 1.807) is 12.1 Å². The number of hydrogen-bond acceptors (Lipinski definition) is 8.